The highest BCUT2D eigenvalue weighted by molar-refractivity contribution is 5.15. The van der Waals surface area contributed by atoms with Gasteiger partial charge in [0.25, 0.3) is 0 Å². The second-order valence-electron chi connectivity index (χ2n) is 4.82. The summed E-state index contributed by atoms with van der Waals surface area (Å²) in [5.41, 5.74) is 2.57. The molecule has 0 aliphatic rings. The van der Waals surface area contributed by atoms with Crippen LogP contribution in [0.25, 0.3) is 0 Å². The van der Waals surface area contributed by atoms with Gasteiger partial charge in [0.15, 0.2) is 0 Å². The van der Waals surface area contributed by atoms with Crippen LogP contribution < -0.4 is 0 Å². The van der Waals surface area contributed by atoms with Crippen LogP contribution in [0.1, 0.15) is 45.1 Å². The molecule has 0 heterocycles. The predicted octanol–water partition coefficient (Wildman–Crippen LogP) is 5.29. The Balaban J connectivity index is 2.10. The minimum absolute atomic E-state index is 0.708. The Morgan fingerprint density at radius 3 is 2.68 bits per heavy atom. The van der Waals surface area contributed by atoms with Gasteiger partial charge in [-0.15, -0.1) is 0 Å². The summed E-state index contributed by atoms with van der Waals surface area (Å²) in [6.45, 7) is 5.87. The van der Waals surface area contributed by atoms with Crippen LogP contribution in [0, 0.1) is 0 Å². The van der Waals surface area contributed by atoms with Gasteiger partial charge in [-0.2, -0.15) is 0 Å². The molecule has 0 amide bonds. The normalized spacial score (nSPS) is 12.2. The average Bonchev–Trinajstić information content (AvgIpc) is 2.44. The van der Waals surface area contributed by atoms with Gasteiger partial charge in [-0.05, 0) is 25.3 Å². The zero-order valence-corrected chi connectivity index (χ0v) is 12.3. The molecular weight excluding hydrogens is 232 g/mol. The largest absolute Gasteiger partial charge is 0.376 e. The van der Waals surface area contributed by atoms with E-state index in [2.05, 4.69) is 44.2 Å². The van der Waals surface area contributed by atoms with E-state index >= 15 is 0 Å². The van der Waals surface area contributed by atoms with Gasteiger partial charge in [0.05, 0.1) is 13.2 Å². The van der Waals surface area contributed by atoms with E-state index in [-0.39, 0.29) is 0 Å². The Kier molecular flexibility index (Phi) is 8.74. The third-order valence-corrected chi connectivity index (χ3v) is 2.95. The quantitative estimate of drug-likeness (QED) is 0.432. The third kappa shape index (κ3) is 8.39. The van der Waals surface area contributed by atoms with Crippen LogP contribution in [0.3, 0.4) is 0 Å². The molecule has 0 saturated carbocycles. The van der Waals surface area contributed by atoms with Crippen molar-refractivity contribution in [3.63, 3.8) is 0 Å². The van der Waals surface area contributed by atoms with Crippen LogP contribution in [-0.2, 0) is 11.3 Å². The molecule has 0 atom stereocenters. The number of ether oxygens (including phenoxy) is 1. The number of allylic oxidation sites excluding steroid dienone is 3. The van der Waals surface area contributed by atoms with Gasteiger partial charge in [0, 0.05) is 0 Å². The molecule has 0 aliphatic carbocycles. The van der Waals surface area contributed by atoms with Gasteiger partial charge in [0.1, 0.15) is 0 Å². The topological polar surface area (TPSA) is 9.23 Å². The highest BCUT2D eigenvalue weighted by Crippen LogP contribution is 2.04. The standard InChI is InChI=1S/C18H26O/c1-3-4-5-7-11-17(2)12-10-15-19-16-18-13-8-6-9-14-18/h6-9,11-14H,3-5,10,15-16H2,1-2H3/b11-7+,17-12-. The van der Waals surface area contributed by atoms with E-state index in [0.717, 1.165) is 13.0 Å². The fourth-order valence-corrected chi connectivity index (χ4v) is 1.79. The lowest BCUT2D eigenvalue weighted by atomic mass is 10.2. The van der Waals surface area contributed by atoms with Crippen molar-refractivity contribution in [3.8, 4) is 0 Å². The number of unbranched alkanes of at least 4 members (excludes halogenated alkanes) is 2. The lowest BCUT2D eigenvalue weighted by molar-refractivity contribution is 0.125. The van der Waals surface area contributed by atoms with Crippen molar-refractivity contribution in [2.24, 2.45) is 0 Å². The number of hydrogen-bond donors (Lipinski definition) is 0. The Hall–Kier alpha value is -1.34. The first kappa shape index (κ1) is 15.7. The summed E-state index contributed by atoms with van der Waals surface area (Å²) in [7, 11) is 0. The molecule has 0 spiro atoms. The van der Waals surface area contributed by atoms with Gasteiger partial charge >= 0.3 is 0 Å². The van der Waals surface area contributed by atoms with Crippen molar-refractivity contribution in [3.05, 3.63) is 59.7 Å². The van der Waals surface area contributed by atoms with Crippen molar-refractivity contribution in [1.29, 1.82) is 0 Å². The fourth-order valence-electron chi connectivity index (χ4n) is 1.79. The Morgan fingerprint density at radius 1 is 1.16 bits per heavy atom. The molecule has 0 aliphatic heterocycles. The molecule has 0 bridgehead atoms. The second kappa shape index (κ2) is 10.6. The van der Waals surface area contributed by atoms with E-state index in [4.69, 9.17) is 4.74 Å². The van der Waals surface area contributed by atoms with Crippen molar-refractivity contribution >= 4 is 0 Å². The first-order valence-electron chi connectivity index (χ1n) is 7.28. The van der Waals surface area contributed by atoms with Gasteiger partial charge < -0.3 is 4.74 Å². The lowest BCUT2D eigenvalue weighted by Crippen LogP contribution is -1.94. The number of hydrogen-bond acceptors (Lipinski definition) is 1. The smallest absolute Gasteiger partial charge is 0.0717 e. The van der Waals surface area contributed by atoms with Crippen molar-refractivity contribution < 1.29 is 4.74 Å². The highest BCUT2D eigenvalue weighted by Gasteiger charge is 1.91. The first-order valence-corrected chi connectivity index (χ1v) is 7.28. The van der Waals surface area contributed by atoms with Gasteiger partial charge in [-0.1, -0.05) is 73.9 Å². The van der Waals surface area contributed by atoms with Crippen molar-refractivity contribution in [1.82, 2.24) is 0 Å². The fraction of sp³-hybridized carbons (Fsp3) is 0.444. The van der Waals surface area contributed by atoms with Crippen LogP contribution >= 0.6 is 0 Å². The molecule has 0 saturated heterocycles. The number of rotatable bonds is 9. The molecule has 0 N–H and O–H groups in total. The second-order valence-corrected chi connectivity index (χ2v) is 4.82. The molecule has 104 valence electrons. The predicted molar refractivity (Wildman–Crippen MR) is 83.1 cm³/mol. The summed E-state index contributed by atoms with van der Waals surface area (Å²) in [6.07, 6.45) is 11.4. The zero-order chi connectivity index (χ0) is 13.8. The molecule has 1 nitrogen and oxygen atoms in total. The summed E-state index contributed by atoms with van der Waals surface area (Å²) in [5, 5.41) is 0. The van der Waals surface area contributed by atoms with E-state index in [1.165, 1.54) is 30.4 Å². The van der Waals surface area contributed by atoms with Crippen molar-refractivity contribution in [2.75, 3.05) is 6.61 Å². The average molecular weight is 258 g/mol. The maximum atomic E-state index is 5.64. The SMILES string of the molecule is CCCC/C=C/C(C)=C\CCOCc1ccccc1. The van der Waals surface area contributed by atoms with Crippen LogP contribution in [0.4, 0.5) is 0 Å². The molecule has 1 aromatic carbocycles. The van der Waals surface area contributed by atoms with Crippen LogP contribution in [-0.4, -0.2) is 6.61 Å². The summed E-state index contributed by atoms with van der Waals surface area (Å²) >= 11 is 0. The van der Waals surface area contributed by atoms with Gasteiger partial charge in [-0.25, -0.2) is 0 Å². The number of benzene rings is 1. The highest BCUT2D eigenvalue weighted by atomic mass is 16.5. The molecule has 0 fully saturated rings. The first-order chi connectivity index (χ1) is 9.33. The Labute approximate surface area is 118 Å². The monoisotopic (exact) mass is 258 g/mol. The summed E-state index contributed by atoms with van der Waals surface area (Å²) in [6, 6.07) is 10.3. The van der Waals surface area contributed by atoms with Crippen LogP contribution in [0.5, 0.6) is 0 Å². The Bertz CT molecular complexity index is 376. The summed E-state index contributed by atoms with van der Waals surface area (Å²) in [5.74, 6) is 0. The molecule has 0 unspecified atom stereocenters. The molecule has 0 radical (unpaired) electrons. The molecule has 1 aromatic rings. The Morgan fingerprint density at radius 2 is 1.95 bits per heavy atom. The molecule has 0 aromatic heterocycles. The molecular formula is C18H26O. The van der Waals surface area contributed by atoms with Gasteiger partial charge in [0.2, 0.25) is 0 Å². The van der Waals surface area contributed by atoms with E-state index in [0.29, 0.717) is 6.61 Å². The summed E-state index contributed by atoms with van der Waals surface area (Å²) < 4.78 is 5.64. The van der Waals surface area contributed by atoms with E-state index in [9.17, 15) is 0 Å². The molecule has 1 heteroatoms. The maximum absolute atomic E-state index is 5.64. The van der Waals surface area contributed by atoms with Gasteiger partial charge in [-0.3, -0.25) is 0 Å². The molecule has 1 rings (SSSR count). The van der Waals surface area contributed by atoms with E-state index in [1.807, 2.05) is 18.2 Å². The lowest BCUT2D eigenvalue weighted by Gasteiger charge is -2.02. The molecule has 19 heavy (non-hydrogen) atoms. The minimum Gasteiger partial charge on any atom is -0.376 e. The third-order valence-electron chi connectivity index (χ3n) is 2.95. The zero-order valence-electron chi connectivity index (χ0n) is 12.3. The van der Waals surface area contributed by atoms with Crippen LogP contribution in [0.15, 0.2) is 54.1 Å². The summed E-state index contributed by atoms with van der Waals surface area (Å²) in [4.78, 5) is 0. The van der Waals surface area contributed by atoms with Crippen molar-refractivity contribution in [2.45, 2.75) is 46.1 Å². The van der Waals surface area contributed by atoms with Crippen LogP contribution in [0.2, 0.25) is 0 Å². The maximum Gasteiger partial charge on any atom is 0.0717 e. The minimum atomic E-state index is 0.708. The van der Waals surface area contributed by atoms with E-state index < -0.39 is 0 Å². The van der Waals surface area contributed by atoms with E-state index in [1.54, 1.807) is 0 Å².